The van der Waals surface area contributed by atoms with E-state index in [1.807, 2.05) is 18.2 Å². The predicted octanol–water partition coefficient (Wildman–Crippen LogP) is 3.10. The first-order valence-electron chi connectivity index (χ1n) is 8.82. The number of carbonyl (C=O) groups excluding carboxylic acids is 1. The second kappa shape index (κ2) is 7.81. The smallest absolute Gasteiger partial charge is 0.233 e. The minimum atomic E-state index is -3.01. The van der Waals surface area contributed by atoms with Gasteiger partial charge in [-0.15, -0.1) is 11.3 Å². The highest BCUT2D eigenvalue weighted by atomic mass is 32.2. The van der Waals surface area contributed by atoms with Gasteiger partial charge in [-0.2, -0.15) is 0 Å². The lowest BCUT2D eigenvalue weighted by Gasteiger charge is -2.23. The topological polar surface area (TPSA) is 80.2 Å². The van der Waals surface area contributed by atoms with Gasteiger partial charge in [-0.1, -0.05) is 42.1 Å². The van der Waals surface area contributed by atoms with E-state index in [2.05, 4.69) is 28.2 Å². The third kappa shape index (κ3) is 4.06. The molecule has 4 rings (SSSR count). The molecule has 146 valence electrons. The molecule has 0 unspecified atom stereocenters. The second-order valence-corrected chi connectivity index (χ2v) is 10.9. The summed E-state index contributed by atoms with van der Waals surface area (Å²) in [4.78, 5) is 24.8. The molecule has 3 heterocycles. The van der Waals surface area contributed by atoms with E-state index in [4.69, 9.17) is 0 Å². The van der Waals surface area contributed by atoms with Crippen molar-refractivity contribution in [1.29, 1.82) is 0 Å². The number of amides is 1. The van der Waals surface area contributed by atoms with Crippen molar-refractivity contribution in [2.24, 2.45) is 0 Å². The second-order valence-electron chi connectivity index (χ2n) is 6.72. The van der Waals surface area contributed by atoms with Crippen LogP contribution < -0.4 is 0 Å². The summed E-state index contributed by atoms with van der Waals surface area (Å²) in [5, 5.41) is 1.71. The van der Waals surface area contributed by atoms with Crippen molar-refractivity contribution in [1.82, 2.24) is 14.9 Å². The predicted molar refractivity (Wildman–Crippen MR) is 113 cm³/mol. The van der Waals surface area contributed by atoms with Gasteiger partial charge in [0.15, 0.2) is 9.84 Å². The summed E-state index contributed by atoms with van der Waals surface area (Å²) in [5.41, 5.74) is 1.12. The molecule has 1 amide bonds. The van der Waals surface area contributed by atoms with Gasteiger partial charge < -0.3 is 4.90 Å². The Hall–Kier alpha value is -1.97. The summed E-state index contributed by atoms with van der Waals surface area (Å²) in [6.45, 7) is 0. The van der Waals surface area contributed by atoms with Crippen molar-refractivity contribution < 1.29 is 13.2 Å². The highest BCUT2D eigenvalue weighted by Gasteiger charge is 2.32. The van der Waals surface area contributed by atoms with E-state index >= 15 is 0 Å². The fraction of sp³-hybridized carbons (Fsp3) is 0.316. The summed E-state index contributed by atoms with van der Waals surface area (Å²) in [5.74, 6) is 0.349. The van der Waals surface area contributed by atoms with Crippen LogP contribution in [0.5, 0.6) is 0 Å². The number of fused-ring (bicyclic) bond motifs is 1. The lowest BCUT2D eigenvalue weighted by Crippen LogP contribution is -2.38. The number of hydrogen-bond acceptors (Lipinski definition) is 7. The largest absolute Gasteiger partial charge is 0.341 e. The van der Waals surface area contributed by atoms with E-state index in [1.54, 1.807) is 23.3 Å². The zero-order valence-corrected chi connectivity index (χ0v) is 17.7. The van der Waals surface area contributed by atoms with E-state index in [0.29, 0.717) is 6.42 Å². The van der Waals surface area contributed by atoms with Crippen LogP contribution in [0.25, 0.3) is 20.7 Å². The fourth-order valence-corrected chi connectivity index (χ4v) is 6.95. The first-order chi connectivity index (χ1) is 13.4. The number of thioether (sulfide) groups is 1. The third-order valence-corrected chi connectivity index (χ3v) is 8.67. The maximum Gasteiger partial charge on any atom is 0.233 e. The van der Waals surface area contributed by atoms with Crippen molar-refractivity contribution in [3.05, 3.63) is 42.7 Å². The third-order valence-electron chi connectivity index (χ3n) is 4.83. The van der Waals surface area contributed by atoms with E-state index in [1.165, 1.54) is 18.1 Å². The number of rotatable bonds is 5. The van der Waals surface area contributed by atoms with Gasteiger partial charge in [-0.05, 0) is 18.1 Å². The average molecular weight is 434 g/mol. The number of sulfone groups is 1. The average Bonchev–Trinajstić information content (AvgIpc) is 3.29. The van der Waals surface area contributed by atoms with Gasteiger partial charge in [0.25, 0.3) is 0 Å². The molecule has 0 bridgehead atoms. The quantitative estimate of drug-likeness (QED) is 0.454. The van der Waals surface area contributed by atoms with E-state index < -0.39 is 9.84 Å². The molecule has 0 radical (unpaired) electrons. The van der Waals surface area contributed by atoms with Crippen molar-refractivity contribution in [3.63, 3.8) is 0 Å². The van der Waals surface area contributed by atoms with Crippen molar-refractivity contribution in [2.75, 3.05) is 24.3 Å². The van der Waals surface area contributed by atoms with E-state index in [0.717, 1.165) is 25.7 Å². The zero-order valence-electron chi connectivity index (χ0n) is 15.2. The summed E-state index contributed by atoms with van der Waals surface area (Å²) in [7, 11) is -1.33. The molecule has 0 saturated carbocycles. The van der Waals surface area contributed by atoms with Crippen molar-refractivity contribution in [3.8, 4) is 10.4 Å². The summed E-state index contributed by atoms with van der Waals surface area (Å²) in [6, 6.07) is 11.9. The van der Waals surface area contributed by atoms with Gasteiger partial charge in [0.1, 0.15) is 16.2 Å². The Morgan fingerprint density at radius 2 is 2.07 bits per heavy atom. The van der Waals surface area contributed by atoms with Crippen LogP contribution in [-0.2, 0) is 14.6 Å². The number of hydrogen-bond donors (Lipinski definition) is 0. The van der Waals surface area contributed by atoms with Crippen LogP contribution in [0, 0.1) is 0 Å². The van der Waals surface area contributed by atoms with Crippen LogP contribution in [0.1, 0.15) is 6.42 Å². The molecule has 1 aliphatic rings. The number of thiophene rings is 1. The maximum atomic E-state index is 12.5. The van der Waals surface area contributed by atoms with Gasteiger partial charge in [0, 0.05) is 23.4 Å². The van der Waals surface area contributed by atoms with Gasteiger partial charge >= 0.3 is 0 Å². The van der Waals surface area contributed by atoms with Crippen molar-refractivity contribution >= 4 is 49.1 Å². The van der Waals surface area contributed by atoms with Crippen molar-refractivity contribution in [2.45, 2.75) is 17.5 Å². The zero-order chi connectivity index (χ0) is 19.7. The molecule has 2 aromatic heterocycles. The Morgan fingerprint density at radius 3 is 2.79 bits per heavy atom. The molecule has 0 aliphatic carbocycles. The number of carbonyl (C=O) groups is 1. The van der Waals surface area contributed by atoms with Crippen LogP contribution in [0.3, 0.4) is 0 Å². The first kappa shape index (κ1) is 19.4. The maximum absolute atomic E-state index is 12.5. The number of benzene rings is 1. The Kier molecular flexibility index (Phi) is 5.39. The molecular weight excluding hydrogens is 414 g/mol. The molecule has 6 nitrogen and oxygen atoms in total. The molecule has 9 heteroatoms. The van der Waals surface area contributed by atoms with Crippen LogP contribution >= 0.6 is 23.1 Å². The Bertz CT molecular complexity index is 1110. The minimum absolute atomic E-state index is 0.0582. The van der Waals surface area contributed by atoms with Crippen LogP contribution in [0.4, 0.5) is 0 Å². The summed E-state index contributed by atoms with van der Waals surface area (Å²) in [6.07, 6.45) is 2.03. The van der Waals surface area contributed by atoms with Gasteiger partial charge in [-0.3, -0.25) is 4.79 Å². The Morgan fingerprint density at radius 1 is 1.29 bits per heavy atom. The molecule has 0 N–H and O–H groups in total. The number of aromatic nitrogens is 2. The monoisotopic (exact) mass is 433 g/mol. The first-order valence-corrected chi connectivity index (χ1v) is 12.4. The lowest BCUT2D eigenvalue weighted by atomic mass is 10.2. The standard InChI is InChI=1S/C19H19N3O3S3/c1-22(14-7-8-28(24,25)11-14)17(23)10-26-18-15-9-16(13-5-3-2-4-6-13)27-19(15)21-12-20-18/h2-6,9,12,14H,7-8,10-11H2,1H3/t14-/m0/s1. The highest BCUT2D eigenvalue weighted by Crippen LogP contribution is 2.36. The molecule has 3 aromatic rings. The van der Waals surface area contributed by atoms with Crippen LogP contribution in [0.15, 0.2) is 47.8 Å². The van der Waals surface area contributed by atoms with E-state index in [-0.39, 0.29) is 29.2 Å². The summed E-state index contributed by atoms with van der Waals surface area (Å²) >= 11 is 2.97. The molecule has 1 aromatic carbocycles. The van der Waals surface area contributed by atoms with Gasteiger partial charge in [0.2, 0.25) is 5.91 Å². The van der Waals surface area contributed by atoms with E-state index in [9.17, 15) is 13.2 Å². The molecule has 28 heavy (non-hydrogen) atoms. The SMILES string of the molecule is CN(C(=O)CSc1ncnc2sc(-c3ccccc3)cc12)[C@H]1CCS(=O)(=O)C1. The summed E-state index contributed by atoms with van der Waals surface area (Å²) < 4.78 is 23.3. The molecule has 1 saturated heterocycles. The highest BCUT2D eigenvalue weighted by molar-refractivity contribution is 8.00. The Balaban J connectivity index is 1.49. The molecule has 1 atom stereocenters. The molecule has 1 fully saturated rings. The van der Waals surface area contributed by atoms with Gasteiger partial charge in [-0.25, -0.2) is 18.4 Å². The van der Waals surface area contributed by atoms with Crippen LogP contribution in [0.2, 0.25) is 0 Å². The minimum Gasteiger partial charge on any atom is -0.341 e. The van der Waals surface area contributed by atoms with Gasteiger partial charge in [0.05, 0.1) is 17.3 Å². The molecule has 0 spiro atoms. The van der Waals surface area contributed by atoms with Crippen LogP contribution in [-0.4, -0.2) is 59.5 Å². The number of nitrogens with zero attached hydrogens (tertiary/aromatic N) is 3. The fourth-order valence-electron chi connectivity index (χ4n) is 3.21. The molecule has 1 aliphatic heterocycles. The normalized spacial score (nSPS) is 18.4. The lowest BCUT2D eigenvalue weighted by molar-refractivity contribution is -0.128. The molecular formula is C19H19N3O3S3. The Labute approximate surface area is 171 Å².